The van der Waals surface area contributed by atoms with Crippen molar-refractivity contribution in [3.05, 3.63) is 58.1 Å². The molecule has 0 aliphatic carbocycles. The lowest BCUT2D eigenvalue weighted by Gasteiger charge is -2.09. The van der Waals surface area contributed by atoms with Gasteiger partial charge in [0.15, 0.2) is 0 Å². The molecule has 0 aromatic heterocycles. The Labute approximate surface area is 113 Å². The predicted octanol–water partition coefficient (Wildman–Crippen LogP) is 2.37. The van der Waals surface area contributed by atoms with Crippen LogP contribution in [0, 0.1) is 11.6 Å². The van der Waals surface area contributed by atoms with E-state index >= 15 is 0 Å². The molecule has 0 saturated carbocycles. The van der Waals surface area contributed by atoms with Crippen molar-refractivity contribution in [3.63, 3.8) is 0 Å². The van der Waals surface area contributed by atoms with Crippen LogP contribution in [0.3, 0.4) is 0 Å². The van der Waals surface area contributed by atoms with E-state index in [1.807, 2.05) is 0 Å². The number of hydrogen-bond acceptors (Lipinski definition) is 1. The molecule has 0 radical (unpaired) electrons. The van der Waals surface area contributed by atoms with E-state index in [-0.39, 0.29) is 21.0 Å². The zero-order valence-corrected chi connectivity index (χ0v) is 10.5. The van der Waals surface area contributed by atoms with Crippen molar-refractivity contribution in [2.45, 2.75) is 0 Å². The second-order valence-corrected chi connectivity index (χ2v) is 4.68. The van der Waals surface area contributed by atoms with Crippen LogP contribution in [0.2, 0.25) is 10.0 Å². The van der Waals surface area contributed by atoms with Crippen LogP contribution in [0.15, 0.2) is 36.4 Å². The molecule has 0 amide bonds. The van der Waals surface area contributed by atoms with Gasteiger partial charge in [-0.15, -0.1) is 0 Å². The molecule has 0 bridgehead atoms. The summed E-state index contributed by atoms with van der Waals surface area (Å²) in [6, 6.07) is 7.33. The van der Waals surface area contributed by atoms with Crippen LogP contribution in [-0.4, -0.2) is 11.9 Å². The molecule has 1 nitrogen and oxygen atoms in total. The Hall–Kier alpha value is -1.10. The minimum atomic E-state index is -1.19. The van der Waals surface area contributed by atoms with Crippen molar-refractivity contribution in [2.75, 3.05) is 0 Å². The molecule has 1 N–H and O–H groups in total. The van der Waals surface area contributed by atoms with Crippen molar-refractivity contribution >= 4 is 41.0 Å². The fourth-order valence-corrected chi connectivity index (χ4v) is 2.12. The lowest BCUT2D eigenvalue weighted by atomic mass is 9.56. The lowest BCUT2D eigenvalue weighted by Crippen LogP contribution is -2.42. The molecule has 0 aliphatic heterocycles. The fourth-order valence-electron chi connectivity index (χ4n) is 1.66. The summed E-state index contributed by atoms with van der Waals surface area (Å²) in [6.45, 7) is -1.19. The maximum absolute atomic E-state index is 13.2. The van der Waals surface area contributed by atoms with Gasteiger partial charge in [0.2, 0.25) is 0 Å². The van der Waals surface area contributed by atoms with Crippen molar-refractivity contribution in [1.29, 1.82) is 0 Å². The van der Waals surface area contributed by atoms with Gasteiger partial charge in [0, 0.05) is 10.0 Å². The molecule has 2 rings (SSSR count). The van der Waals surface area contributed by atoms with Gasteiger partial charge in [0.25, 0.3) is 0 Å². The van der Waals surface area contributed by atoms with Gasteiger partial charge in [-0.05, 0) is 47.3 Å². The molecular formula is C12H7BCl2F2O. The van der Waals surface area contributed by atoms with Crippen molar-refractivity contribution in [1.82, 2.24) is 0 Å². The molecule has 0 fully saturated rings. The summed E-state index contributed by atoms with van der Waals surface area (Å²) in [5.41, 5.74) is 0.475. The van der Waals surface area contributed by atoms with Crippen molar-refractivity contribution in [2.24, 2.45) is 0 Å². The summed E-state index contributed by atoms with van der Waals surface area (Å²) in [4.78, 5) is 0. The smallest absolute Gasteiger partial charge is 0.359 e. The summed E-state index contributed by atoms with van der Waals surface area (Å²) in [7, 11) is 0. The molecule has 2 aromatic rings. The van der Waals surface area contributed by atoms with E-state index in [0.29, 0.717) is 0 Å². The van der Waals surface area contributed by atoms with Crippen LogP contribution >= 0.6 is 23.2 Å². The first-order valence-corrected chi connectivity index (χ1v) is 5.81. The molecule has 0 heterocycles. The minimum Gasteiger partial charge on any atom is -0.443 e. The Morgan fingerprint density at radius 1 is 0.778 bits per heavy atom. The maximum atomic E-state index is 13.2. The molecule has 92 valence electrons. The quantitative estimate of drug-likeness (QED) is 0.841. The van der Waals surface area contributed by atoms with E-state index in [0.717, 1.165) is 24.3 Å². The van der Waals surface area contributed by atoms with E-state index in [2.05, 4.69) is 0 Å². The summed E-state index contributed by atoms with van der Waals surface area (Å²) in [5.74, 6) is -1.14. The highest BCUT2D eigenvalue weighted by atomic mass is 35.5. The van der Waals surface area contributed by atoms with Crippen molar-refractivity contribution in [3.8, 4) is 0 Å². The van der Waals surface area contributed by atoms with E-state index in [9.17, 15) is 13.8 Å². The highest BCUT2D eigenvalue weighted by Crippen LogP contribution is 2.10. The van der Waals surface area contributed by atoms with Gasteiger partial charge < -0.3 is 5.02 Å². The van der Waals surface area contributed by atoms with E-state index in [4.69, 9.17) is 23.2 Å². The summed E-state index contributed by atoms with van der Waals surface area (Å²) >= 11 is 11.4. The molecule has 0 saturated heterocycles. The second-order valence-electron chi connectivity index (χ2n) is 3.81. The second kappa shape index (κ2) is 5.27. The molecular weight excluding hydrogens is 280 g/mol. The summed E-state index contributed by atoms with van der Waals surface area (Å²) < 4.78 is 26.3. The first-order chi connectivity index (χ1) is 8.45. The standard InChI is InChI=1S/C12H7BCl2F2O/c14-9-1-7(3-11(16)5-9)13(18)8-2-10(15)6-12(17)4-8/h1-6,18H. The van der Waals surface area contributed by atoms with Gasteiger partial charge >= 0.3 is 6.92 Å². The Bertz CT molecular complexity index is 500. The highest BCUT2D eigenvalue weighted by molar-refractivity contribution is 6.79. The third-order valence-electron chi connectivity index (χ3n) is 2.40. The monoisotopic (exact) mass is 286 g/mol. The maximum Gasteiger partial charge on any atom is 0.359 e. The van der Waals surface area contributed by atoms with Gasteiger partial charge in [-0.25, -0.2) is 8.78 Å². The number of rotatable bonds is 2. The molecule has 0 spiro atoms. The van der Waals surface area contributed by atoms with Crippen LogP contribution in [0.1, 0.15) is 0 Å². The minimum absolute atomic E-state index is 0.159. The van der Waals surface area contributed by atoms with Crippen molar-refractivity contribution < 1.29 is 13.8 Å². The first-order valence-electron chi connectivity index (χ1n) is 5.06. The summed E-state index contributed by atoms with van der Waals surface area (Å²) in [5, 5.41) is 10.4. The van der Waals surface area contributed by atoms with Gasteiger partial charge in [-0.2, -0.15) is 0 Å². The van der Waals surface area contributed by atoms with Gasteiger partial charge in [-0.3, -0.25) is 0 Å². The average molecular weight is 287 g/mol. The van der Waals surface area contributed by atoms with Crippen LogP contribution < -0.4 is 10.9 Å². The zero-order valence-electron chi connectivity index (χ0n) is 9.00. The Morgan fingerprint density at radius 2 is 1.17 bits per heavy atom. The lowest BCUT2D eigenvalue weighted by molar-refractivity contribution is 0.595. The largest absolute Gasteiger partial charge is 0.443 e. The first kappa shape index (κ1) is 13.3. The average Bonchev–Trinajstić information content (AvgIpc) is 2.25. The molecule has 6 heteroatoms. The third-order valence-corrected chi connectivity index (χ3v) is 2.84. The highest BCUT2D eigenvalue weighted by Gasteiger charge is 2.19. The SMILES string of the molecule is OB(c1cc(F)cc(Cl)c1)c1cc(F)cc(Cl)c1. The summed E-state index contributed by atoms with van der Waals surface area (Å²) in [6.07, 6.45) is 0. The van der Waals surface area contributed by atoms with Crippen LogP contribution in [0.25, 0.3) is 0 Å². The number of halogens is 4. The van der Waals surface area contributed by atoms with E-state index < -0.39 is 18.6 Å². The molecule has 18 heavy (non-hydrogen) atoms. The molecule has 0 aliphatic rings. The van der Waals surface area contributed by atoms with Crippen LogP contribution in [-0.2, 0) is 0 Å². The van der Waals surface area contributed by atoms with Crippen LogP contribution in [0.5, 0.6) is 0 Å². The predicted molar refractivity (Wildman–Crippen MR) is 70.1 cm³/mol. The van der Waals surface area contributed by atoms with Crippen LogP contribution in [0.4, 0.5) is 8.78 Å². The molecule has 0 unspecified atom stereocenters. The fraction of sp³-hybridized carbons (Fsp3) is 0. The number of hydrogen-bond donors (Lipinski definition) is 1. The number of benzene rings is 2. The van der Waals surface area contributed by atoms with Gasteiger partial charge in [-0.1, -0.05) is 23.2 Å². The normalized spacial score (nSPS) is 10.5. The van der Waals surface area contributed by atoms with Gasteiger partial charge in [0.05, 0.1) is 0 Å². The van der Waals surface area contributed by atoms with E-state index in [1.54, 1.807) is 0 Å². The molecule has 2 aromatic carbocycles. The Balaban J connectivity index is 2.43. The van der Waals surface area contributed by atoms with Gasteiger partial charge in [0.1, 0.15) is 11.6 Å². The Kier molecular flexibility index (Phi) is 3.90. The topological polar surface area (TPSA) is 20.2 Å². The third kappa shape index (κ3) is 3.02. The Morgan fingerprint density at radius 3 is 1.50 bits per heavy atom. The zero-order chi connectivity index (χ0) is 13.3. The van der Waals surface area contributed by atoms with E-state index in [1.165, 1.54) is 12.1 Å². The molecule has 0 atom stereocenters.